The topological polar surface area (TPSA) is 86.9 Å². The highest BCUT2D eigenvalue weighted by Gasteiger charge is 2.65. The second-order valence-corrected chi connectivity index (χ2v) is 12.1. The highest BCUT2D eigenvalue weighted by molar-refractivity contribution is 7.80. The van der Waals surface area contributed by atoms with Crippen molar-refractivity contribution in [3.63, 3.8) is 0 Å². The van der Waals surface area contributed by atoms with E-state index in [4.69, 9.17) is 40.5 Å². The van der Waals surface area contributed by atoms with E-state index >= 15 is 0 Å². The number of thiocarbonyl (C=S) groups is 1. The van der Waals surface area contributed by atoms with Crippen molar-refractivity contribution in [2.24, 2.45) is 5.41 Å². The van der Waals surface area contributed by atoms with E-state index in [0.29, 0.717) is 27.0 Å². The van der Waals surface area contributed by atoms with Crippen LogP contribution in [0.2, 0.25) is 10.0 Å². The molecule has 3 N–H and O–H groups in total. The van der Waals surface area contributed by atoms with E-state index in [1.807, 2.05) is 91.0 Å². The van der Waals surface area contributed by atoms with Crippen LogP contribution in [0.25, 0.3) is 22.9 Å². The molecule has 2 unspecified atom stereocenters. The number of H-pyrrole nitrogens is 1. The molecule has 1 fully saturated rings. The highest BCUT2D eigenvalue weighted by atomic mass is 35.5. The molecule has 1 aliphatic carbocycles. The summed E-state index contributed by atoms with van der Waals surface area (Å²) >= 11 is 17.8. The lowest BCUT2D eigenvalue weighted by Gasteiger charge is -2.49. The van der Waals surface area contributed by atoms with E-state index in [9.17, 15) is 9.59 Å². The summed E-state index contributed by atoms with van der Waals surface area (Å²) in [6.45, 7) is 0. The Morgan fingerprint density at radius 3 is 1.80 bits per heavy atom. The molecule has 2 aliphatic rings. The number of hydrogen-bond donors (Lipinski definition) is 3. The fourth-order valence-corrected chi connectivity index (χ4v) is 7.03. The number of nitrogens with one attached hydrogen (secondary N) is 3. The number of allylic oxidation sites excluding steroid dienone is 1. The Kier molecular flexibility index (Phi) is 7.17. The van der Waals surface area contributed by atoms with Crippen molar-refractivity contribution in [2.45, 2.75) is 11.8 Å². The molecule has 5 aromatic rings. The average Bonchev–Trinajstić information content (AvgIpc) is 3.47. The maximum absolute atomic E-state index is 14.7. The minimum absolute atomic E-state index is 0.0246. The minimum Gasteiger partial charge on any atom is -0.302 e. The third-order valence-electron chi connectivity index (χ3n) is 8.38. The van der Waals surface area contributed by atoms with E-state index in [1.54, 1.807) is 24.3 Å². The maximum atomic E-state index is 14.7. The number of carbonyl (C=O) groups is 2. The van der Waals surface area contributed by atoms with Crippen LogP contribution in [0.4, 0.5) is 0 Å². The van der Waals surface area contributed by atoms with Crippen LogP contribution < -0.4 is 10.6 Å². The Morgan fingerprint density at radius 2 is 1.23 bits per heavy atom. The first-order valence-electron chi connectivity index (χ1n) is 14.0. The number of halogens is 2. The summed E-state index contributed by atoms with van der Waals surface area (Å²) in [5.74, 6) is -2.46. The molecule has 216 valence electrons. The Bertz CT molecular complexity index is 1920. The summed E-state index contributed by atoms with van der Waals surface area (Å²) in [4.78, 5) is 29.3. The number of carbonyl (C=O) groups excluding carboxylic acids is 2. The van der Waals surface area contributed by atoms with Gasteiger partial charge in [-0.1, -0.05) is 108 Å². The number of amides is 2. The molecule has 2 atom stereocenters. The highest BCUT2D eigenvalue weighted by Crippen LogP contribution is 2.62. The third-order valence-corrected chi connectivity index (χ3v) is 9.09. The molecular formula is C35H24Cl2N4O2S. The van der Waals surface area contributed by atoms with Crippen molar-refractivity contribution in [3.05, 3.63) is 147 Å². The normalized spacial score (nSPS) is 19.9. The number of aromatic amines is 1. The van der Waals surface area contributed by atoms with Gasteiger partial charge in [-0.15, -0.1) is 0 Å². The molecule has 7 rings (SSSR count). The molecule has 4 aromatic carbocycles. The molecule has 2 amide bonds. The summed E-state index contributed by atoms with van der Waals surface area (Å²) in [6, 6.07) is 34.0. The van der Waals surface area contributed by atoms with Crippen molar-refractivity contribution >= 4 is 64.0 Å². The molecule has 1 aromatic heterocycles. The van der Waals surface area contributed by atoms with Crippen molar-refractivity contribution in [1.29, 1.82) is 0 Å². The summed E-state index contributed by atoms with van der Waals surface area (Å²) in [7, 11) is 0. The molecule has 1 saturated heterocycles. The Balaban J connectivity index is 1.64. The summed E-state index contributed by atoms with van der Waals surface area (Å²) < 4.78 is 0. The van der Waals surface area contributed by atoms with Gasteiger partial charge in [0, 0.05) is 27.4 Å². The van der Waals surface area contributed by atoms with E-state index in [2.05, 4.69) is 15.7 Å². The number of nitrogens with zero attached hydrogens (tertiary/aromatic N) is 1. The zero-order valence-corrected chi connectivity index (χ0v) is 25.4. The van der Waals surface area contributed by atoms with Crippen molar-refractivity contribution in [2.75, 3.05) is 0 Å². The van der Waals surface area contributed by atoms with Gasteiger partial charge in [0.05, 0.1) is 11.4 Å². The molecular weight excluding hydrogens is 611 g/mol. The maximum Gasteiger partial charge on any atom is 0.243 e. The van der Waals surface area contributed by atoms with Gasteiger partial charge >= 0.3 is 0 Å². The molecule has 9 heteroatoms. The molecule has 0 bridgehead atoms. The van der Waals surface area contributed by atoms with Crippen LogP contribution in [-0.2, 0) is 9.59 Å². The van der Waals surface area contributed by atoms with Gasteiger partial charge in [0.2, 0.25) is 11.8 Å². The van der Waals surface area contributed by atoms with Crippen LogP contribution >= 0.6 is 35.4 Å². The first-order valence-corrected chi connectivity index (χ1v) is 15.1. The largest absolute Gasteiger partial charge is 0.302 e. The van der Waals surface area contributed by atoms with Crippen molar-refractivity contribution in [1.82, 2.24) is 20.8 Å². The van der Waals surface area contributed by atoms with Crippen LogP contribution in [0.3, 0.4) is 0 Å². The van der Waals surface area contributed by atoms with Crippen LogP contribution in [0.15, 0.2) is 109 Å². The number of hydrogen-bond acceptors (Lipinski definition) is 4. The molecule has 1 spiro atoms. The Hall–Kier alpha value is -4.56. The summed E-state index contributed by atoms with van der Waals surface area (Å²) in [6.07, 6.45) is 1.98. The van der Waals surface area contributed by atoms with Gasteiger partial charge in [0.25, 0.3) is 0 Å². The fourth-order valence-electron chi connectivity index (χ4n) is 6.59. The van der Waals surface area contributed by atoms with Crippen LogP contribution in [0.1, 0.15) is 39.8 Å². The van der Waals surface area contributed by atoms with Gasteiger partial charge in [-0.25, -0.2) is 0 Å². The van der Waals surface area contributed by atoms with Gasteiger partial charge in [0.1, 0.15) is 0 Å². The van der Waals surface area contributed by atoms with Gasteiger partial charge in [-0.3, -0.25) is 14.7 Å². The summed E-state index contributed by atoms with van der Waals surface area (Å²) in [5.41, 5.74) is 4.31. The van der Waals surface area contributed by atoms with Gasteiger partial charge in [0.15, 0.2) is 10.5 Å². The zero-order chi connectivity index (χ0) is 30.4. The van der Waals surface area contributed by atoms with Gasteiger partial charge < -0.3 is 10.6 Å². The monoisotopic (exact) mass is 634 g/mol. The standard InChI is InChI=1S/C35H24Cl2N4O2S/c36-24-15-11-20(12-16-24)19-26-28(21-7-3-1-4-8-21)35(32(42)38-34(44)39-33(35)43)29(22-9-5-2-6-10-22)27-30(40-41-31(26)27)23-13-17-25(37)18-14-23/h1-19,28-29H,(H,40,41)(H2,38,39,42,43,44)/b26-19-. The molecule has 6 nitrogen and oxygen atoms in total. The predicted octanol–water partition coefficient (Wildman–Crippen LogP) is 7.37. The number of rotatable bonds is 4. The minimum atomic E-state index is -1.69. The average molecular weight is 636 g/mol. The molecule has 2 heterocycles. The second kappa shape index (κ2) is 11.2. The van der Waals surface area contributed by atoms with Gasteiger partial charge in [-0.2, -0.15) is 5.10 Å². The lowest BCUT2D eigenvalue weighted by molar-refractivity contribution is -0.145. The first-order chi connectivity index (χ1) is 21.4. The van der Waals surface area contributed by atoms with Crippen molar-refractivity contribution in [3.8, 4) is 11.3 Å². The Labute approximate surface area is 269 Å². The first kappa shape index (κ1) is 28.2. The van der Waals surface area contributed by atoms with E-state index < -0.39 is 29.1 Å². The number of benzene rings is 4. The fraction of sp³-hybridized carbons (Fsp3) is 0.0857. The number of aromatic nitrogens is 2. The van der Waals surface area contributed by atoms with E-state index in [-0.39, 0.29) is 5.11 Å². The predicted molar refractivity (Wildman–Crippen MR) is 177 cm³/mol. The smallest absolute Gasteiger partial charge is 0.243 e. The quantitative estimate of drug-likeness (QED) is 0.142. The molecule has 1 aliphatic heterocycles. The zero-order valence-electron chi connectivity index (χ0n) is 23.1. The van der Waals surface area contributed by atoms with Crippen LogP contribution in [0.5, 0.6) is 0 Å². The van der Waals surface area contributed by atoms with Gasteiger partial charge in [-0.05, 0) is 70.4 Å². The number of fused-ring (bicyclic) bond motifs is 1. The lowest BCUT2D eigenvalue weighted by atomic mass is 9.52. The van der Waals surface area contributed by atoms with Crippen LogP contribution in [-0.4, -0.2) is 27.1 Å². The molecule has 44 heavy (non-hydrogen) atoms. The SMILES string of the molecule is O=C1NC(=S)NC(=O)C12C(c1ccccc1)/C(=C/c1ccc(Cl)cc1)c1n[nH]c(-c3ccc(Cl)cc3)c1C2c1ccccc1. The third kappa shape index (κ3) is 4.56. The van der Waals surface area contributed by atoms with E-state index in [0.717, 1.165) is 27.8 Å². The molecule has 0 saturated carbocycles. The van der Waals surface area contributed by atoms with E-state index in [1.165, 1.54) is 0 Å². The summed E-state index contributed by atoms with van der Waals surface area (Å²) in [5, 5.41) is 15.0. The lowest BCUT2D eigenvalue weighted by Crippen LogP contribution is -2.67. The van der Waals surface area contributed by atoms with Crippen molar-refractivity contribution < 1.29 is 9.59 Å². The molecule has 0 radical (unpaired) electrons. The van der Waals surface area contributed by atoms with Crippen LogP contribution in [0, 0.1) is 5.41 Å². The second-order valence-electron chi connectivity index (χ2n) is 10.8. The Morgan fingerprint density at radius 1 is 0.705 bits per heavy atom.